The zero-order valence-corrected chi connectivity index (χ0v) is 9.90. The van der Waals surface area contributed by atoms with E-state index in [2.05, 4.69) is 21.0 Å². The zero-order valence-electron chi connectivity index (χ0n) is 8.31. The number of halogens is 1. The van der Waals surface area contributed by atoms with E-state index >= 15 is 0 Å². The molecule has 0 aliphatic heterocycles. The van der Waals surface area contributed by atoms with Crippen molar-refractivity contribution in [3.8, 4) is 5.69 Å². The van der Waals surface area contributed by atoms with E-state index in [4.69, 9.17) is 5.11 Å². The van der Waals surface area contributed by atoms with Crippen molar-refractivity contribution in [1.29, 1.82) is 0 Å². The van der Waals surface area contributed by atoms with Crippen molar-refractivity contribution in [2.75, 3.05) is 0 Å². The van der Waals surface area contributed by atoms with Gasteiger partial charge in [0.05, 0.1) is 18.0 Å². The van der Waals surface area contributed by atoms with Gasteiger partial charge in [-0.1, -0.05) is 12.1 Å². The summed E-state index contributed by atoms with van der Waals surface area (Å²) in [4.78, 5) is 0. The highest BCUT2D eigenvalue weighted by Crippen LogP contribution is 2.24. The summed E-state index contributed by atoms with van der Waals surface area (Å²) in [7, 11) is 0. The summed E-state index contributed by atoms with van der Waals surface area (Å²) in [6, 6.07) is 7.79. The van der Waals surface area contributed by atoms with Crippen molar-refractivity contribution < 1.29 is 5.11 Å². The molecular formula is C11H11BrN2O. The largest absolute Gasteiger partial charge is 0.390 e. The molecule has 78 valence electrons. The van der Waals surface area contributed by atoms with Gasteiger partial charge in [-0.3, -0.25) is 0 Å². The number of rotatable bonds is 2. The average Bonchev–Trinajstić information content (AvgIpc) is 2.70. The van der Waals surface area contributed by atoms with Gasteiger partial charge < -0.3 is 5.11 Å². The number of aryl methyl sites for hydroxylation is 1. The molecule has 0 aliphatic rings. The molecule has 0 atom stereocenters. The summed E-state index contributed by atoms with van der Waals surface area (Å²) in [5.41, 5.74) is 2.81. The summed E-state index contributed by atoms with van der Waals surface area (Å²) in [5, 5.41) is 13.2. The van der Waals surface area contributed by atoms with E-state index in [1.165, 1.54) is 0 Å². The van der Waals surface area contributed by atoms with Gasteiger partial charge in [0.2, 0.25) is 0 Å². The number of benzene rings is 1. The molecule has 0 bridgehead atoms. The Labute approximate surface area is 96.5 Å². The third-order valence-electron chi connectivity index (χ3n) is 2.22. The lowest BCUT2D eigenvalue weighted by Crippen LogP contribution is -1.98. The Kier molecular flexibility index (Phi) is 2.88. The Bertz CT molecular complexity index is 479. The monoisotopic (exact) mass is 266 g/mol. The first-order valence-electron chi connectivity index (χ1n) is 4.63. The summed E-state index contributed by atoms with van der Waals surface area (Å²) < 4.78 is 2.78. The van der Waals surface area contributed by atoms with Crippen LogP contribution in [0.5, 0.6) is 0 Å². The second-order valence-electron chi connectivity index (χ2n) is 3.32. The van der Waals surface area contributed by atoms with Crippen molar-refractivity contribution in [3.63, 3.8) is 0 Å². The molecular weight excluding hydrogens is 256 g/mol. The van der Waals surface area contributed by atoms with Crippen LogP contribution in [-0.2, 0) is 6.61 Å². The van der Waals surface area contributed by atoms with E-state index < -0.39 is 0 Å². The second kappa shape index (κ2) is 4.16. The molecule has 0 saturated heterocycles. The molecule has 0 unspecified atom stereocenters. The Morgan fingerprint density at radius 2 is 2.20 bits per heavy atom. The highest BCUT2D eigenvalue weighted by atomic mass is 79.9. The van der Waals surface area contributed by atoms with Crippen LogP contribution in [0.2, 0.25) is 0 Å². The molecule has 1 heterocycles. The predicted octanol–water partition coefficient (Wildman–Crippen LogP) is 2.44. The fourth-order valence-corrected chi connectivity index (χ4v) is 1.84. The van der Waals surface area contributed by atoms with Crippen LogP contribution in [0.15, 0.2) is 34.9 Å². The summed E-state index contributed by atoms with van der Waals surface area (Å²) in [5.74, 6) is 0. The summed E-state index contributed by atoms with van der Waals surface area (Å²) >= 11 is 3.52. The van der Waals surface area contributed by atoms with E-state index in [0.29, 0.717) is 5.69 Å². The molecule has 0 aliphatic carbocycles. The predicted molar refractivity (Wildman–Crippen MR) is 61.9 cm³/mol. The molecule has 0 radical (unpaired) electrons. The third kappa shape index (κ3) is 1.96. The second-order valence-corrected chi connectivity index (χ2v) is 4.11. The van der Waals surface area contributed by atoms with Crippen molar-refractivity contribution in [3.05, 3.63) is 46.2 Å². The maximum atomic E-state index is 8.93. The van der Waals surface area contributed by atoms with Gasteiger partial charge in [-0.2, -0.15) is 5.10 Å². The summed E-state index contributed by atoms with van der Waals surface area (Å²) in [6.07, 6.45) is 1.84. The van der Waals surface area contributed by atoms with Gasteiger partial charge >= 0.3 is 0 Å². The minimum Gasteiger partial charge on any atom is -0.390 e. The molecule has 2 aromatic rings. The van der Waals surface area contributed by atoms with Gasteiger partial charge in [-0.25, -0.2) is 4.68 Å². The van der Waals surface area contributed by atoms with Crippen LogP contribution < -0.4 is 0 Å². The Balaban J connectivity index is 2.49. The molecule has 15 heavy (non-hydrogen) atoms. The first-order valence-corrected chi connectivity index (χ1v) is 5.42. The van der Waals surface area contributed by atoms with E-state index in [1.54, 1.807) is 10.7 Å². The number of aromatic nitrogens is 2. The number of aliphatic hydroxyl groups is 1. The fourth-order valence-electron chi connectivity index (χ4n) is 1.39. The molecule has 0 fully saturated rings. The van der Waals surface area contributed by atoms with Crippen LogP contribution in [0.1, 0.15) is 11.3 Å². The van der Waals surface area contributed by atoms with E-state index in [0.717, 1.165) is 15.7 Å². The molecule has 4 heteroatoms. The SMILES string of the molecule is Cc1cccc(-n2ccc(CO)n2)c1Br. The molecule has 0 saturated carbocycles. The first kappa shape index (κ1) is 10.4. The molecule has 0 spiro atoms. The third-order valence-corrected chi connectivity index (χ3v) is 3.26. The van der Waals surface area contributed by atoms with Gasteiger partial charge in [0.15, 0.2) is 0 Å². The minimum absolute atomic E-state index is 0.0313. The van der Waals surface area contributed by atoms with Crippen molar-refractivity contribution >= 4 is 15.9 Å². The highest BCUT2D eigenvalue weighted by molar-refractivity contribution is 9.10. The van der Waals surface area contributed by atoms with Gasteiger partial charge in [0.1, 0.15) is 0 Å². The van der Waals surface area contributed by atoms with E-state index in [-0.39, 0.29) is 6.61 Å². The van der Waals surface area contributed by atoms with Crippen LogP contribution in [0.4, 0.5) is 0 Å². The molecule has 2 rings (SSSR count). The average molecular weight is 267 g/mol. The number of aliphatic hydroxyl groups excluding tert-OH is 1. The number of hydrogen-bond donors (Lipinski definition) is 1. The van der Waals surface area contributed by atoms with Crippen molar-refractivity contribution in [2.24, 2.45) is 0 Å². The van der Waals surface area contributed by atoms with Gasteiger partial charge in [-0.05, 0) is 40.5 Å². The fraction of sp³-hybridized carbons (Fsp3) is 0.182. The Morgan fingerprint density at radius 3 is 2.87 bits per heavy atom. The molecule has 3 nitrogen and oxygen atoms in total. The van der Waals surface area contributed by atoms with Crippen LogP contribution in [0, 0.1) is 6.92 Å². The zero-order chi connectivity index (χ0) is 10.8. The van der Waals surface area contributed by atoms with Gasteiger partial charge in [0, 0.05) is 10.7 Å². The molecule has 1 aromatic heterocycles. The lowest BCUT2D eigenvalue weighted by atomic mass is 10.2. The summed E-state index contributed by atoms with van der Waals surface area (Å²) in [6.45, 7) is 2.00. The van der Waals surface area contributed by atoms with E-state index in [9.17, 15) is 0 Å². The van der Waals surface area contributed by atoms with Crippen LogP contribution >= 0.6 is 15.9 Å². The molecule has 1 aromatic carbocycles. The first-order chi connectivity index (χ1) is 7.22. The lowest BCUT2D eigenvalue weighted by molar-refractivity contribution is 0.276. The number of hydrogen-bond acceptors (Lipinski definition) is 2. The Hall–Kier alpha value is -1.13. The molecule has 0 amide bonds. The minimum atomic E-state index is -0.0313. The lowest BCUT2D eigenvalue weighted by Gasteiger charge is -2.06. The number of nitrogens with zero attached hydrogens (tertiary/aromatic N) is 2. The topological polar surface area (TPSA) is 38.0 Å². The van der Waals surface area contributed by atoms with Crippen LogP contribution in [0.25, 0.3) is 5.69 Å². The van der Waals surface area contributed by atoms with Crippen molar-refractivity contribution in [2.45, 2.75) is 13.5 Å². The standard InChI is InChI=1S/C11H11BrN2O/c1-8-3-2-4-10(11(8)12)14-6-5-9(7-15)13-14/h2-6,15H,7H2,1H3. The highest BCUT2D eigenvalue weighted by Gasteiger charge is 2.05. The maximum absolute atomic E-state index is 8.93. The quantitative estimate of drug-likeness (QED) is 0.907. The van der Waals surface area contributed by atoms with Gasteiger partial charge in [-0.15, -0.1) is 0 Å². The molecule has 1 N–H and O–H groups in total. The van der Waals surface area contributed by atoms with Crippen LogP contribution in [-0.4, -0.2) is 14.9 Å². The van der Waals surface area contributed by atoms with Crippen LogP contribution in [0.3, 0.4) is 0 Å². The van der Waals surface area contributed by atoms with E-state index in [1.807, 2.05) is 31.3 Å². The normalized spacial score (nSPS) is 10.6. The smallest absolute Gasteiger partial charge is 0.0883 e. The van der Waals surface area contributed by atoms with Gasteiger partial charge in [0.25, 0.3) is 0 Å². The Morgan fingerprint density at radius 1 is 1.40 bits per heavy atom. The maximum Gasteiger partial charge on any atom is 0.0883 e. The van der Waals surface area contributed by atoms with Crippen molar-refractivity contribution in [1.82, 2.24) is 9.78 Å².